The van der Waals surface area contributed by atoms with Crippen molar-refractivity contribution in [3.05, 3.63) is 50.9 Å². The van der Waals surface area contributed by atoms with Crippen LogP contribution in [0.25, 0.3) is 0 Å². The summed E-state index contributed by atoms with van der Waals surface area (Å²) < 4.78 is 0. The van der Waals surface area contributed by atoms with Crippen LogP contribution in [0.2, 0.25) is 5.02 Å². The third-order valence-electron chi connectivity index (χ3n) is 4.91. The molecule has 1 aliphatic carbocycles. The number of carbonyl (C=O) groups is 1. The zero-order valence-corrected chi connectivity index (χ0v) is 16.6. The maximum absolute atomic E-state index is 12.4. The molecule has 6 heteroatoms. The van der Waals surface area contributed by atoms with Crippen molar-refractivity contribution in [1.82, 2.24) is 0 Å². The summed E-state index contributed by atoms with van der Waals surface area (Å²) in [6.07, 6.45) is 3.04. The monoisotopic (exact) mass is 388 g/mol. The number of thiophene rings is 1. The largest absolute Gasteiger partial charge is 0.333 e. The van der Waals surface area contributed by atoms with Gasteiger partial charge in [0, 0.05) is 15.5 Å². The van der Waals surface area contributed by atoms with Crippen LogP contribution in [0.15, 0.2) is 24.3 Å². The van der Waals surface area contributed by atoms with Crippen LogP contribution in [0.1, 0.15) is 47.9 Å². The van der Waals surface area contributed by atoms with Crippen LogP contribution < -0.4 is 10.6 Å². The first kappa shape index (κ1) is 18.9. The molecule has 0 saturated carbocycles. The minimum absolute atomic E-state index is 0.0815. The minimum Gasteiger partial charge on any atom is -0.333 e. The molecule has 1 aromatic heterocycles. The Bertz CT molecular complexity index is 855. The summed E-state index contributed by atoms with van der Waals surface area (Å²) in [7, 11) is 0. The third kappa shape index (κ3) is 4.27. The van der Waals surface area contributed by atoms with Gasteiger partial charge < -0.3 is 10.6 Å². The number of nitrogens with zero attached hydrogens (tertiary/aromatic N) is 1. The third-order valence-corrected chi connectivity index (χ3v) is 6.31. The van der Waals surface area contributed by atoms with E-state index in [0.717, 1.165) is 30.4 Å². The number of nitrogens with one attached hydrogen (secondary N) is 1. The van der Waals surface area contributed by atoms with E-state index in [-0.39, 0.29) is 11.9 Å². The predicted octanol–water partition coefficient (Wildman–Crippen LogP) is 3.66. The standard InChI is InChI=1S/C20H22ClN3OS/c1-12-6-7-16-17(10-22)20(26-18(16)8-12)24-19(25)11-23-13(2)14-4-3-5-15(21)9-14/h3-5,9,12-13,23H,6-8,11H2,1-2H3,(H,24,25)/p+1/t12-,13+/m0/s1. The molecule has 2 aromatic rings. The van der Waals surface area contributed by atoms with E-state index in [0.29, 0.717) is 28.0 Å². The number of benzene rings is 1. The summed E-state index contributed by atoms with van der Waals surface area (Å²) in [5.41, 5.74) is 2.89. The summed E-state index contributed by atoms with van der Waals surface area (Å²) in [6.45, 7) is 4.58. The van der Waals surface area contributed by atoms with Crippen molar-refractivity contribution < 1.29 is 10.1 Å². The lowest BCUT2D eigenvalue weighted by atomic mass is 9.89. The number of halogens is 1. The van der Waals surface area contributed by atoms with E-state index in [2.05, 4.69) is 18.3 Å². The lowest BCUT2D eigenvalue weighted by Gasteiger charge is -2.17. The van der Waals surface area contributed by atoms with Crippen LogP contribution in [0.4, 0.5) is 5.00 Å². The van der Waals surface area contributed by atoms with Crippen LogP contribution in [-0.2, 0) is 17.6 Å². The van der Waals surface area contributed by atoms with E-state index in [1.165, 1.54) is 4.88 Å². The van der Waals surface area contributed by atoms with Crippen molar-refractivity contribution in [1.29, 1.82) is 5.26 Å². The SMILES string of the molecule is C[C@H]1CCc2c(sc(NC(=O)C[NH2+][C@H](C)c3cccc(Cl)c3)c2C#N)C1. The highest BCUT2D eigenvalue weighted by Crippen LogP contribution is 2.39. The molecule has 3 rings (SSSR count). The number of hydrogen-bond acceptors (Lipinski definition) is 3. The van der Waals surface area contributed by atoms with Crippen molar-refractivity contribution in [2.24, 2.45) is 5.92 Å². The number of nitrogens with two attached hydrogens (primary N) is 1. The van der Waals surface area contributed by atoms with Gasteiger partial charge >= 0.3 is 0 Å². The van der Waals surface area contributed by atoms with Gasteiger partial charge in [-0.3, -0.25) is 4.79 Å². The molecule has 0 saturated heterocycles. The number of carbonyl (C=O) groups excluding carboxylic acids is 1. The number of quaternary nitrogens is 1. The van der Waals surface area contributed by atoms with E-state index in [4.69, 9.17) is 11.6 Å². The quantitative estimate of drug-likeness (QED) is 0.820. The van der Waals surface area contributed by atoms with Crippen molar-refractivity contribution >= 4 is 33.8 Å². The Morgan fingerprint density at radius 1 is 1.54 bits per heavy atom. The van der Waals surface area contributed by atoms with Crippen LogP contribution >= 0.6 is 22.9 Å². The predicted molar refractivity (Wildman–Crippen MR) is 106 cm³/mol. The smallest absolute Gasteiger partial charge is 0.280 e. The molecule has 136 valence electrons. The summed E-state index contributed by atoms with van der Waals surface area (Å²) in [6, 6.07) is 10.1. The molecule has 1 aromatic carbocycles. The van der Waals surface area contributed by atoms with Gasteiger partial charge in [-0.2, -0.15) is 5.26 Å². The Morgan fingerprint density at radius 2 is 2.35 bits per heavy atom. The number of nitriles is 1. The number of fused-ring (bicyclic) bond motifs is 1. The minimum atomic E-state index is -0.0815. The fourth-order valence-corrected chi connectivity index (χ4v) is 4.92. The molecule has 0 aliphatic heterocycles. The fraction of sp³-hybridized carbons (Fsp3) is 0.400. The molecule has 1 heterocycles. The van der Waals surface area contributed by atoms with Gasteiger partial charge in [0.1, 0.15) is 17.1 Å². The number of hydrogen-bond donors (Lipinski definition) is 2. The van der Waals surface area contributed by atoms with E-state index >= 15 is 0 Å². The molecule has 0 spiro atoms. The maximum Gasteiger partial charge on any atom is 0.280 e. The van der Waals surface area contributed by atoms with Crippen molar-refractivity contribution in [3.8, 4) is 6.07 Å². The highest BCUT2D eigenvalue weighted by molar-refractivity contribution is 7.16. The van der Waals surface area contributed by atoms with E-state index in [9.17, 15) is 10.1 Å². The lowest BCUT2D eigenvalue weighted by Crippen LogP contribution is -2.86. The summed E-state index contributed by atoms with van der Waals surface area (Å²) in [5, 5.41) is 15.9. The van der Waals surface area contributed by atoms with Gasteiger partial charge in [-0.05, 0) is 49.8 Å². The van der Waals surface area contributed by atoms with E-state index in [1.807, 2.05) is 36.5 Å². The highest BCUT2D eigenvalue weighted by atomic mass is 35.5. The number of amides is 1. The van der Waals surface area contributed by atoms with E-state index in [1.54, 1.807) is 11.3 Å². The second-order valence-corrected chi connectivity index (χ2v) is 8.54. The zero-order valence-electron chi connectivity index (χ0n) is 15.0. The second kappa shape index (κ2) is 8.22. The number of rotatable bonds is 5. The van der Waals surface area contributed by atoms with Crippen LogP contribution in [0.3, 0.4) is 0 Å². The highest BCUT2D eigenvalue weighted by Gasteiger charge is 2.25. The molecule has 0 unspecified atom stereocenters. The van der Waals surface area contributed by atoms with Crippen LogP contribution in [0.5, 0.6) is 0 Å². The molecular formula is C20H23ClN3OS+. The Hall–Kier alpha value is -1.87. The Balaban J connectivity index is 1.63. The average molecular weight is 389 g/mol. The van der Waals surface area contributed by atoms with Crippen molar-refractivity contribution in [3.63, 3.8) is 0 Å². The first-order valence-corrected chi connectivity index (χ1v) is 10.1. The molecule has 1 aliphatic rings. The fourth-order valence-electron chi connectivity index (χ4n) is 3.34. The molecule has 1 amide bonds. The molecular weight excluding hydrogens is 366 g/mol. The maximum atomic E-state index is 12.4. The van der Waals surface area contributed by atoms with Gasteiger partial charge in [-0.1, -0.05) is 30.7 Å². The Morgan fingerprint density at radius 3 is 3.08 bits per heavy atom. The molecule has 0 radical (unpaired) electrons. The van der Waals surface area contributed by atoms with Gasteiger partial charge in [0.15, 0.2) is 6.54 Å². The van der Waals surface area contributed by atoms with Gasteiger partial charge in [-0.15, -0.1) is 11.3 Å². The first-order valence-electron chi connectivity index (χ1n) is 8.91. The topological polar surface area (TPSA) is 69.5 Å². The normalized spacial score (nSPS) is 17.2. The van der Waals surface area contributed by atoms with Gasteiger partial charge in [0.05, 0.1) is 5.56 Å². The van der Waals surface area contributed by atoms with Gasteiger partial charge in [-0.25, -0.2) is 0 Å². The Labute approximate surface area is 163 Å². The Kier molecular flexibility index (Phi) is 5.98. The molecule has 0 fully saturated rings. The van der Waals surface area contributed by atoms with E-state index < -0.39 is 0 Å². The van der Waals surface area contributed by atoms with Crippen molar-refractivity contribution in [2.45, 2.75) is 39.2 Å². The van der Waals surface area contributed by atoms with Crippen LogP contribution in [0, 0.1) is 17.2 Å². The number of anilines is 1. The summed E-state index contributed by atoms with van der Waals surface area (Å²) >= 11 is 7.60. The lowest BCUT2D eigenvalue weighted by molar-refractivity contribution is -0.682. The zero-order chi connectivity index (χ0) is 18.7. The van der Waals surface area contributed by atoms with Crippen LogP contribution in [-0.4, -0.2) is 12.5 Å². The van der Waals surface area contributed by atoms with Gasteiger partial charge in [0.25, 0.3) is 5.91 Å². The second-order valence-electron chi connectivity index (χ2n) is 7.00. The summed E-state index contributed by atoms with van der Waals surface area (Å²) in [5.74, 6) is 0.560. The van der Waals surface area contributed by atoms with Crippen molar-refractivity contribution in [2.75, 3.05) is 11.9 Å². The molecule has 26 heavy (non-hydrogen) atoms. The summed E-state index contributed by atoms with van der Waals surface area (Å²) in [4.78, 5) is 13.6. The average Bonchev–Trinajstić information content (AvgIpc) is 2.95. The molecule has 3 N–H and O–H groups in total. The molecule has 2 atom stereocenters. The van der Waals surface area contributed by atoms with Gasteiger partial charge in [0.2, 0.25) is 0 Å². The first-order chi connectivity index (χ1) is 12.5. The molecule has 4 nitrogen and oxygen atoms in total. The molecule has 0 bridgehead atoms.